The number of methoxy groups -OCH3 is 2. The molecule has 0 amide bonds. The fraction of sp³-hybridized carbons (Fsp3) is 0.750. The van der Waals surface area contributed by atoms with Crippen LogP contribution in [-0.2, 0) is 23.8 Å². The fourth-order valence-electron chi connectivity index (χ4n) is 3.01. The minimum Gasteiger partial charge on any atom is -0.469 e. The maximum Gasteiger partial charge on any atom is 0.333 e. The zero-order valence-corrected chi connectivity index (χ0v) is 13.4. The topological polar surface area (TPSA) is 61.8 Å². The van der Waals surface area contributed by atoms with Crippen LogP contribution in [0.25, 0.3) is 0 Å². The second kappa shape index (κ2) is 7.59. The molecule has 1 saturated carbocycles. The van der Waals surface area contributed by atoms with Gasteiger partial charge in [-0.15, -0.1) is 0 Å². The van der Waals surface area contributed by atoms with Crippen molar-refractivity contribution < 1.29 is 23.8 Å². The van der Waals surface area contributed by atoms with Gasteiger partial charge in [0.05, 0.1) is 19.1 Å². The quantitative estimate of drug-likeness (QED) is 0.557. The minimum absolute atomic E-state index is 0.200. The highest BCUT2D eigenvalue weighted by atomic mass is 16.6. The Bertz CT molecular complexity index is 403. The number of esters is 2. The van der Waals surface area contributed by atoms with Gasteiger partial charge in [0.1, 0.15) is 5.60 Å². The zero-order valence-electron chi connectivity index (χ0n) is 13.4. The van der Waals surface area contributed by atoms with Crippen LogP contribution >= 0.6 is 0 Å². The van der Waals surface area contributed by atoms with Crippen LogP contribution in [0.5, 0.6) is 0 Å². The predicted molar refractivity (Wildman–Crippen MR) is 78.7 cm³/mol. The molecule has 5 heteroatoms. The van der Waals surface area contributed by atoms with Crippen molar-refractivity contribution >= 4 is 11.9 Å². The Balaban J connectivity index is 2.94. The number of ether oxygens (including phenoxy) is 3. The molecule has 0 aromatic heterocycles. The highest BCUT2D eigenvalue weighted by molar-refractivity contribution is 5.87. The van der Waals surface area contributed by atoms with E-state index >= 15 is 0 Å². The van der Waals surface area contributed by atoms with Crippen LogP contribution < -0.4 is 0 Å². The lowest BCUT2D eigenvalue weighted by atomic mass is 9.74. The van der Waals surface area contributed by atoms with Gasteiger partial charge < -0.3 is 14.2 Å². The summed E-state index contributed by atoms with van der Waals surface area (Å²) >= 11 is 0. The maximum absolute atomic E-state index is 12.0. The summed E-state index contributed by atoms with van der Waals surface area (Å²) in [7, 11) is 2.97. The van der Waals surface area contributed by atoms with E-state index in [0.717, 1.165) is 6.42 Å². The molecule has 0 aliphatic heterocycles. The molecule has 0 N–H and O–H groups in total. The smallest absolute Gasteiger partial charge is 0.333 e. The van der Waals surface area contributed by atoms with Gasteiger partial charge >= 0.3 is 11.9 Å². The molecule has 3 unspecified atom stereocenters. The van der Waals surface area contributed by atoms with Crippen LogP contribution in [0.3, 0.4) is 0 Å². The van der Waals surface area contributed by atoms with E-state index in [4.69, 9.17) is 14.2 Å². The summed E-state index contributed by atoms with van der Waals surface area (Å²) in [6, 6.07) is 0. The maximum atomic E-state index is 12.0. The predicted octanol–water partition coefficient (Wildman–Crippen LogP) is 2.63. The Kier molecular flexibility index (Phi) is 6.40. The first-order valence-corrected chi connectivity index (χ1v) is 7.39. The normalized spacial score (nSPS) is 28.8. The van der Waals surface area contributed by atoms with E-state index in [-0.39, 0.29) is 18.0 Å². The summed E-state index contributed by atoms with van der Waals surface area (Å²) in [4.78, 5) is 23.7. The van der Waals surface area contributed by atoms with Gasteiger partial charge in [0.2, 0.25) is 0 Å². The summed E-state index contributed by atoms with van der Waals surface area (Å²) in [5, 5.41) is 0. The van der Waals surface area contributed by atoms with Crippen LogP contribution in [-0.4, -0.2) is 37.9 Å². The number of carbonyl (C=O) groups excluding carboxylic acids is 2. The third-order valence-electron chi connectivity index (χ3n) is 4.14. The van der Waals surface area contributed by atoms with Crippen LogP contribution in [0.2, 0.25) is 0 Å². The van der Waals surface area contributed by atoms with E-state index in [1.165, 1.54) is 7.11 Å². The molecule has 0 radical (unpaired) electrons. The molecule has 1 aliphatic carbocycles. The first kappa shape index (κ1) is 17.7. The number of hydrogen-bond donors (Lipinski definition) is 0. The first-order chi connectivity index (χ1) is 9.90. The van der Waals surface area contributed by atoms with Gasteiger partial charge in [0, 0.05) is 12.7 Å². The second-order valence-electron chi connectivity index (χ2n) is 5.70. The van der Waals surface area contributed by atoms with Crippen molar-refractivity contribution in [3.63, 3.8) is 0 Å². The minimum atomic E-state index is -0.677. The third kappa shape index (κ3) is 4.06. The summed E-state index contributed by atoms with van der Waals surface area (Å²) in [5.74, 6) is -0.830. The van der Waals surface area contributed by atoms with Gasteiger partial charge in [-0.25, -0.2) is 4.79 Å². The second-order valence-corrected chi connectivity index (χ2v) is 5.70. The standard InChI is InChI=1S/C16H26O5/c1-6-8-16(21-14(17)11(2)3)9-7-12(15(18)20-5)10-13(16)19-4/h12-13H,2,6-10H2,1,3-5H3. The van der Waals surface area contributed by atoms with Gasteiger partial charge in [-0.3, -0.25) is 4.79 Å². The Labute approximate surface area is 126 Å². The molecule has 21 heavy (non-hydrogen) atoms. The van der Waals surface area contributed by atoms with Gasteiger partial charge in [0.25, 0.3) is 0 Å². The number of rotatable bonds is 6. The average molecular weight is 298 g/mol. The molecule has 120 valence electrons. The van der Waals surface area contributed by atoms with Crippen LogP contribution in [0.1, 0.15) is 46.0 Å². The molecular formula is C16H26O5. The van der Waals surface area contributed by atoms with Crippen LogP contribution in [0.15, 0.2) is 12.2 Å². The van der Waals surface area contributed by atoms with E-state index in [1.807, 2.05) is 6.92 Å². The lowest BCUT2D eigenvalue weighted by molar-refractivity contribution is -0.188. The van der Waals surface area contributed by atoms with E-state index in [1.54, 1.807) is 14.0 Å². The van der Waals surface area contributed by atoms with Gasteiger partial charge in [-0.1, -0.05) is 19.9 Å². The van der Waals surface area contributed by atoms with Crippen molar-refractivity contribution in [1.82, 2.24) is 0 Å². The largest absolute Gasteiger partial charge is 0.469 e. The van der Waals surface area contributed by atoms with Gasteiger partial charge in [-0.05, 0) is 32.6 Å². The molecule has 0 spiro atoms. The number of hydrogen-bond acceptors (Lipinski definition) is 5. The Morgan fingerprint density at radius 3 is 2.48 bits per heavy atom. The van der Waals surface area contributed by atoms with Crippen molar-refractivity contribution in [2.24, 2.45) is 5.92 Å². The van der Waals surface area contributed by atoms with E-state index in [9.17, 15) is 9.59 Å². The summed E-state index contributed by atoms with van der Waals surface area (Å²) in [5.41, 5.74) is -0.306. The molecule has 0 aromatic rings. The molecule has 1 fully saturated rings. The monoisotopic (exact) mass is 298 g/mol. The highest BCUT2D eigenvalue weighted by Gasteiger charge is 2.48. The van der Waals surface area contributed by atoms with Crippen molar-refractivity contribution in [2.45, 2.75) is 57.7 Å². The van der Waals surface area contributed by atoms with Gasteiger partial charge in [-0.2, -0.15) is 0 Å². The average Bonchev–Trinajstić information content (AvgIpc) is 2.46. The number of carbonyl (C=O) groups is 2. The molecule has 0 heterocycles. The van der Waals surface area contributed by atoms with Crippen molar-refractivity contribution in [1.29, 1.82) is 0 Å². The molecular weight excluding hydrogens is 272 g/mol. The van der Waals surface area contributed by atoms with E-state index in [2.05, 4.69) is 6.58 Å². The van der Waals surface area contributed by atoms with Gasteiger partial charge in [0.15, 0.2) is 0 Å². The lowest BCUT2D eigenvalue weighted by Crippen LogP contribution is -2.52. The SMILES string of the molecule is C=C(C)C(=O)OC1(CCC)CCC(C(=O)OC)CC1OC. The Morgan fingerprint density at radius 2 is 2.00 bits per heavy atom. The lowest BCUT2D eigenvalue weighted by Gasteiger charge is -2.44. The molecule has 1 rings (SSSR count). The van der Waals surface area contributed by atoms with E-state index < -0.39 is 11.6 Å². The Morgan fingerprint density at radius 1 is 1.33 bits per heavy atom. The summed E-state index contributed by atoms with van der Waals surface area (Å²) < 4.78 is 16.1. The van der Waals surface area contributed by atoms with Crippen molar-refractivity contribution in [2.75, 3.05) is 14.2 Å². The van der Waals surface area contributed by atoms with Crippen molar-refractivity contribution in [3.8, 4) is 0 Å². The summed E-state index contributed by atoms with van der Waals surface area (Å²) in [6.45, 7) is 7.30. The third-order valence-corrected chi connectivity index (χ3v) is 4.14. The molecule has 1 aliphatic rings. The Hall–Kier alpha value is -1.36. The molecule has 0 bridgehead atoms. The molecule has 3 atom stereocenters. The fourth-order valence-corrected chi connectivity index (χ4v) is 3.01. The van der Waals surface area contributed by atoms with Crippen molar-refractivity contribution in [3.05, 3.63) is 12.2 Å². The zero-order chi connectivity index (χ0) is 16.0. The van der Waals surface area contributed by atoms with Crippen LogP contribution in [0, 0.1) is 5.92 Å². The molecule has 0 saturated heterocycles. The van der Waals surface area contributed by atoms with E-state index in [0.29, 0.717) is 31.3 Å². The molecule has 5 nitrogen and oxygen atoms in total. The van der Waals surface area contributed by atoms with Crippen LogP contribution in [0.4, 0.5) is 0 Å². The first-order valence-electron chi connectivity index (χ1n) is 7.39. The highest BCUT2D eigenvalue weighted by Crippen LogP contribution is 2.40. The summed E-state index contributed by atoms with van der Waals surface area (Å²) in [6.07, 6.45) is 3.00. The molecule has 0 aromatic carbocycles.